The van der Waals surface area contributed by atoms with Gasteiger partial charge in [-0.15, -0.1) is 11.8 Å². The molecule has 82 valence electrons. The Labute approximate surface area is 93.6 Å². The van der Waals surface area contributed by atoms with Crippen LogP contribution in [0.25, 0.3) is 0 Å². The van der Waals surface area contributed by atoms with Crippen LogP contribution in [-0.2, 0) is 0 Å². The third-order valence-electron chi connectivity index (χ3n) is 1.81. The summed E-state index contributed by atoms with van der Waals surface area (Å²) >= 11 is 1.61. The molecule has 4 nitrogen and oxygen atoms in total. The molecule has 1 heterocycles. The number of aromatic nitrogens is 1. The first-order valence-electron chi connectivity index (χ1n) is 4.66. The number of nitrogens with zero attached hydrogens (tertiary/aromatic N) is 2. The summed E-state index contributed by atoms with van der Waals surface area (Å²) in [5, 5.41) is 12.3. The summed E-state index contributed by atoms with van der Waals surface area (Å²) in [6.07, 6.45) is 0.565. The van der Waals surface area contributed by atoms with E-state index in [9.17, 15) is 0 Å². The van der Waals surface area contributed by atoms with Crippen LogP contribution in [-0.4, -0.2) is 21.8 Å². The van der Waals surface area contributed by atoms with Crippen LogP contribution < -0.4 is 5.73 Å². The van der Waals surface area contributed by atoms with Gasteiger partial charge in [0.1, 0.15) is 5.84 Å². The van der Waals surface area contributed by atoms with Crippen LogP contribution in [0.15, 0.2) is 22.3 Å². The van der Waals surface area contributed by atoms with Crippen molar-refractivity contribution >= 4 is 17.6 Å². The highest BCUT2D eigenvalue weighted by Crippen LogP contribution is 2.18. The molecule has 0 saturated heterocycles. The predicted molar refractivity (Wildman–Crippen MR) is 62.5 cm³/mol. The first-order valence-corrected chi connectivity index (χ1v) is 5.65. The maximum atomic E-state index is 8.36. The highest BCUT2D eigenvalue weighted by atomic mass is 32.2. The Morgan fingerprint density at radius 1 is 1.53 bits per heavy atom. The van der Waals surface area contributed by atoms with Gasteiger partial charge in [0.2, 0.25) is 0 Å². The van der Waals surface area contributed by atoms with Crippen LogP contribution in [0.3, 0.4) is 0 Å². The molecule has 1 aromatic rings. The van der Waals surface area contributed by atoms with Crippen molar-refractivity contribution in [3.8, 4) is 0 Å². The number of oxime groups is 1. The first kappa shape index (κ1) is 11.8. The molecule has 0 saturated carbocycles. The summed E-state index contributed by atoms with van der Waals surface area (Å²) < 4.78 is 0. The normalized spacial score (nSPS) is 11.7. The van der Waals surface area contributed by atoms with Gasteiger partial charge in [-0.05, 0) is 31.5 Å². The third-order valence-corrected chi connectivity index (χ3v) is 2.72. The number of nitrogens with two attached hydrogens (primary N) is 1. The second kappa shape index (κ2) is 5.60. The number of hydrogen-bond donors (Lipinski definition) is 2. The average Bonchev–Trinajstić information content (AvgIpc) is 2.16. The molecule has 1 aromatic heterocycles. The van der Waals surface area contributed by atoms with Crippen LogP contribution >= 0.6 is 11.8 Å². The fourth-order valence-electron chi connectivity index (χ4n) is 1.19. The molecule has 0 aliphatic rings. The van der Waals surface area contributed by atoms with Crippen molar-refractivity contribution in [1.29, 1.82) is 0 Å². The zero-order valence-electron chi connectivity index (χ0n) is 8.90. The van der Waals surface area contributed by atoms with E-state index < -0.39 is 0 Å². The van der Waals surface area contributed by atoms with Crippen molar-refractivity contribution < 1.29 is 5.21 Å². The summed E-state index contributed by atoms with van der Waals surface area (Å²) in [6.45, 7) is 4.02. The lowest BCUT2D eigenvalue weighted by Gasteiger charge is -2.03. The molecule has 0 spiro atoms. The topological polar surface area (TPSA) is 71.5 Å². The van der Waals surface area contributed by atoms with Gasteiger partial charge in [-0.1, -0.05) is 5.16 Å². The van der Waals surface area contributed by atoms with Gasteiger partial charge in [0.05, 0.1) is 5.03 Å². The Morgan fingerprint density at radius 2 is 2.27 bits per heavy atom. The van der Waals surface area contributed by atoms with Crippen molar-refractivity contribution in [2.75, 3.05) is 5.75 Å². The lowest BCUT2D eigenvalue weighted by molar-refractivity contribution is 0.317. The number of hydrogen-bond acceptors (Lipinski definition) is 4. The van der Waals surface area contributed by atoms with Crippen LogP contribution in [0, 0.1) is 13.8 Å². The molecule has 0 aromatic carbocycles. The van der Waals surface area contributed by atoms with Crippen molar-refractivity contribution in [3.63, 3.8) is 0 Å². The molecular weight excluding hydrogens is 210 g/mol. The Morgan fingerprint density at radius 3 is 2.87 bits per heavy atom. The van der Waals surface area contributed by atoms with Gasteiger partial charge >= 0.3 is 0 Å². The minimum atomic E-state index is 0.256. The highest BCUT2D eigenvalue weighted by Gasteiger charge is 2.00. The molecule has 1 rings (SSSR count). The molecular formula is C10H15N3OS. The monoisotopic (exact) mass is 225 g/mol. The van der Waals surface area contributed by atoms with Crippen molar-refractivity contribution in [2.24, 2.45) is 10.9 Å². The minimum absolute atomic E-state index is 0.256. The van der Waals surface area contributed by atoms with Gasteiger partial charge in [-0.25, -0.2) is 4.98 Å². The van der Waals surface area contributed by atoms with Gasteiger partial charge < -0.3 is 10.9 Å². The third kappa shape index (κ3) is 4.20. The van der Waals surface area contributed by atoms with E-state index in [4.69, 9.17) is 10.9 Å². The fourth-order valence-corrected chi connectivity index (χ4v) is 2.19. The maximum absolute atomic E-state index is 8.36. The molecule has 15 heavy (non-hydrogen) atoms. The van der Waals surface area contributed by atoms with Crippen LogP contribution in [0.2, 0.25) is 0 Å². The van der Waals surface area contributed by atoms with E-state index >= 15 is 0 Å². The van der Waals surface area contributed by atoms with Gasteiger partial charge in [0.25, 0.3) is 0 Å². The summed E-state index contributed by atoms with van der Waals surface area (Å²) in [7, 11) is 0. The van der Waals surface area contributed by atoms with Crippen LogP contribution in [0.4, 0.5) is 0 Å². The van der Waals surface area contributed by atoms with Gasteiger partial charge in [-0.2, -0.15) is 0 Å². The standard InChI is InChI=1S/C10H15N3OS/c1-7-5-8(2)12-10(6-7)15-4-3-9(11)13-14/h5-6,14H,3-4H2,1-2H3,(H2,11,13). The van der Waals surface area contributed by atoms with E-state index in [1.54, 1.807) is 11.8 Å². The van der Waals surface area contributed by atoms with E-state index in [1.807, 2.05) is 26.0 Å². The Kier molecular flexibility index (Phi) is 4.42. The van der Waals surface area contributed by atoms with Crippen LogP contribution in [0.5, 0.6) is 0 Å². The number of pyridine rings is 1. The first-order chi connectivity index (χ1) is 7.11. The molecule has 0 aliphatic carbocycles. The number of aryl methyl sites for hydroxylation is 2. The summed E-state index contributed by atoms with van der Waals surface area (Å²) in [4.78, 5) is 4.38. The number of rotatable bonds is 4. The summed E-state index contributed by atoms with van der Waals surface area (Å²) in [5.74, 6) is 1.03. The van der Waals surface area contributed by atoms with Gasteiger partial charge in [0.15, 0.2) is 0 Å². The number of amidine groups is 1. The molecule has 0 aliphatic heterocycles. The molecule has 0 radical (unpaired) electrons. The molecule has 0 bridgehead atoms. The predicted octanol–water partition coefficient (Wildman–Crippen LogP) is 1.93. The summed E-state index contributed by atoms with van der Waals surface area (Å²) in [6, 6.07) is 4.07. The van der Waals surface area contributed by atoms with E-state index in [0.717, 1.165) is 16.5 Å². The molecule has 5 heteroatoms. The Hall–Kier alpha value is -1.23. The largest absolute Gasteiger partial charge is 0.409 e. The van der Waals surface area contributed by atoms with Gasteiger partial charge in [-0.3, -0.25) is 0 Å². The maximum Gasteiger partial charge on any atom is 0.139 e. The lowest BCUT2D eigenvalue weighted by Crippen LogP contribution is -2.12. The van der Waals surface area contributed by atoms with Crippen LogP contribution in [0.1, 0.15) is 17.7 Å². The second-order valence-corrected chi connectivity index (χ2v) is 4.43. The van der Waals surface area contributed by atoms with Gasteiger partial charge in [0, 0.05) is 17.9 Å². The zero-order chi connectivity index (χ0) is 11.3. The highest BCUT2D eigenvalue weighted by molar-refractivity contribution is 7.99. The van der Waals surface area contributed by atoms with E-state index in [-0.39, 0.29) is 5.84 Å². The molecule has 0 atom stereocenters. The molecule has 0 fully saturated rings. The fraction of sp³-hybridized carbons (Fsp3) is 0.400. The molecule has 0 amide bonds. The van der Waals surface area contributed by atoms with Crippen molar-refractivity contribution in [2.45, 2.75) is 25.3 Å². The quantitative estimate of drug-likeness (QED) is 0.270. The smallest absolute Gasteiger partial charge is 0.139 e. The molecule has 3 N–H and O–H groups in total. The SMILES string of the molecule is Cc1cc(C)nc(SCC/C(N)=N/O)c1. The minimum Gasteiger partial charge on any atom is -0.409 e. The summed E-state index contributed by atoms with van der Waals surface area (Å²) in [5.41, 5.74) is 7.58. The zero-order valence-corrected chi connectivity index (χ0v) is 9.71. The van der Waals surface area contributed by atoms with Crippen molar-refractivity contribution in [3.05, 3.63) is 23.4 Å². The Bertz CT molecular complexity index is 345. The lowest BCUT2D eigenvalue weighted by atomic mass is 10.3. The van der Waals surface area contributed by atoms with E-state index in [0.29, 0.717) is 6.42 Å². The average molecular weight is 225 g/mol. The molecule has 0 unspecified atom stereocenters. The second-order valence-electron chi connectivity index (χ2n) is 3.31. The van der Waals surface area contributed by atoms with Crippen molar-refractivity contribution in [1.82, 2.24) is 4.98 Å². The van der Waals surface area contributed by atoms with E-state index in [1.165, 1.54) is 5.56 Å². The number of thioether (sulfide) groups is 1. The van der Waals surface area contributed by atoms with E-state index in [2.05, 4.69) is 10.1 Å². The Balaban J connectivity index is 2.51.